The van der Waals surface area contributed by atoms with Crippen LogP contribution >= 0.6 is 22.9 Å². The van der Waals surface area contributed by atoms with E-state index in [1.807, 2.05) is 44.9 Å². The summed E-state index contributed by atoms with van der Waals surface area (Å²) >= 11 is 7.84. The van der Waals surface area contributed by atoms with Gasteiger partial charge in [-0.3, -0.25) is 0 Å². The number of carbonyl (C=O) groups excluding carboxylic acids is 1. The molecule has 3 aliphatic rings. The quantitative estimate of drug-likeness (QED) is 0.406. The van der Waals surface area contributed by atoms with Crippen LogP contribution in [-0.4, -0.2) is 67.2 Å². The van der Waals surface area contributed by atoms with Crippen LogP contribution in [0.2, 0.25) is 5.28 Å². The van der Waals surface area contributed by atoms with E-state index in [0.717, 1.165) is 35.2 Å². The lowest BCUT2D eigenvalue weighted by molar-refractivity contribution is -0.163. The standard InChI is InChI=1S/C27H35ClN6O4S/c1-26(2,3)38-25(35)33-9-6-14(7-10-33)15-12-17(20-19(15)36-27(4,5)37-20)34-13-16(23-30-8-11-39-23)18-21(29)31-24(28)32-22(18)34/h8,11,13-15,17,19-20H,6-7,9-10,12H2,1-5H3,(H2,29,31,32)/t15-,17?,19-,20+/m1/s1. The number of thiazole rings is 1. The summed E-state index contributed by atoms with van der Waals surface area (Å²) in [6.45, 7) is 11.0. The zero-order valence-electron chi connectivity index (χ0n) is 22.9. The van der Waals surface area contributed by atoms with Crippen LogP contribution in [0.15, 0.2) is 17.8 Å². The maximum absolute atomic E-state index is 12.6. The summed E-state index contributed by atoms with van der Waals surface area (Å²) in [6, 6.07) is -0.0350. The van der Waals surface area contributed by atoms with Gasteiger partial charge in [-0.05, 0) is 77.3 Å². The van der Waals surface area contributed by atoms with E-state index < -0.39 is 11.4 Å². The van der Waals surface area contributed by atoms with Gasteiger partial charge in [0.2, 0.25) is 5.28 Å². The van der Waals surface area contributed by atoms with Crippen molar-refractivity contribution in [2.45, 2.75) is 83.5 Å². The van der Waals surface area contributed by atoms with E-state index in [4.69, 9.17) is 31.5 Å². The molecule has 0 bridgehead atoms. The fraction of sp³-hybridized carbons (Fsp3) is 0.630. The number of nitrogen functional groups attached to an aromatic ring is 1. The first kappa shape index (κ1) is 26.7. The van der Waals surface area contributed by atoms with Crippen molar-refractivity contribution in [2.75, 3.05) is 18.8 Å². The number of carbonyl (C=O) groups is 1. The molecule has 1 unspecified atom stereocenters. The summed E-state index contributed by atoms with van der Waals surface area (Å²) in [5, 5.41) is 3.64. The molecule has 0 spiro atoms. The molecule has 1 saturated carbocycles. The van der Waals surface area contributed by atoms with Gasteiger partial charge in [0.05, 0.1) is 17.5 Å². The normalized spacial score (nSPS) is 27.3. The Balaban J connectivity index is 1.31. The molecule has 39 heavy (non-hydrogen) atoms. The molecule has 6 rings (SSSR count). The number of ether oxygens (including phenoxy) is 3. The number of rotatable bonds is 3. The monoisotopic (exact) mass is 574 g/mol. The Kier molecular flexibility index (Phi) is 6.56. The first-order chi connectivity index (χ1) is 18.4. The first-order valence-corrected chi connectivity index (χ1v) is 14.7. The number of amides is 1. The van der Waals surface area contributed by atoms with E-state index in [9.17, 15) is 4.79 Å². The van der Waals surface area contributed by atoms with E-state index in [0.29, 0.717) is 30.5 Å². The molecule has 0 radical (unpaired) electrons. The van der Waals surface area contributed by atoms with Crippen molar-refractivity contribution in [2.24, 2.45) is 11.8 Å². The molecule has 2 aliphatic heterocycles. The van der Waals surface area contributed by atoms with Crippen molar-refractivity contribution in [1.82, 2.24) is 24.4 Å². The Morgan fingerprint density at radius 3 is 2.59 bits per heavy atom. The van der Waals surface area contributed by atoms with Gasteiger partial charge in [-0.2, -0.15) is 4.98 Å². The van der Waals surface area contributed by atoms with Gasteiger partial charge < -0.3 is 29.4 Å². The molecule has 1 amide bonds. The third-order valence-electron chi connectivity index (χ3n) is 7.97. The van der Waals surface area contributed by atoms with Crippen molar-refractivity contribution in [3.63, 3.8) is 0 Å². The van der Waals surface area contributed by atoms with E-state index in [2.05, 4.69) is 25.7 Å². The first-order valence-electron chi connectivity index (χ1n) is 13.5. The molecule has 2 saturated heterocycles. The summed E-state index contributed by atoms with van der Waals surface area (Å²) in [7, 11) is 0. The predicted molar refractivity (Wildman–Crippen MR) is 150 cm³/mol. The van der Waals surface area contributed by atoms with Gasteiger partial charge in [0.15, 0.2) is 5.79 Å². The Morgan fingerprint density at radius 1 is 1.21 bits per heavy atom. The number of likely N-dealkylation sites (tertiary alicyclic amines) is 1. The van der Waals surface area contributed by atoms with Crippen molar-refractivity contribution >= 4 is 45.9 Å². The summed E-state index contributed by atoms with van der Waals surface area (Å²) < 4.78 is 20.8. The zero-order chi connectivity index (χ0) is 27.7. The summed E-state index contributed by atoms with van der Waals surface area (Å²) in [5.41, 5.74) is 7.43. The van der Waals surface area contributed by atoms with Crippen LogP contribution < -0.4 is 5.73 Å². The lowest BCUT2D eigenvalue weighted by Crippen LogP contribution is -2.44. The number of fused-ring (bicyclic) bond motifs is 2. The van der Waals surface area contributed by atoms with Gasteiger partial charge in [-0.15, -0.1) is 11.3 Å². The molecule has 10 nitrogen and oxygen atoms in total. The van der Waals surface area contributed by atoms with E-state index in [1.165, 1.54) is 0 Å². The molecule has 0 aromatic carbocycles. The summed E-state index contributed by atoms with van der Waals surface area (Å²) in [5.74, 6) is 0.287. The Hall–Kier alpha value is -2.47. The summed E-state index contributed by atoms with van der Waals surface area (Å²) in [4.78, 5) is 27.8. The molecule has 1 aliphatic carbocycles. The lowest BCUT2D eigenvalue weighted by atomic mass is 9.82. The average Bonchev–Trinajstić information content (AvgIpc) is 3.60. The minimum absolute atomic E-state index is 0.0350. The Morgan fingerprint density at radius 2 is 1.92 bits per heavy atom. The van der Waals surface area contributed by atoms with Gasteiger partial charge in [-0.25, -0.2) is 14.8 Å². The number of nitrogens with two attached hydrogens (primary N) is 1. The number of piperidine rings is 1. The molecular formula is C27H35ClN6O4S. The van der Waals surface area contributed by atoms with Crippen LogP contribution in [0, 0.1) is 11.8 Å². The van der Waals surface area contributed by atoms with Crippen molar-refractivity contribution < 1.29 is 19.0 Å². The molecule has 2 N–H and O–H groups in total. The number of hydrogen-bond donors (Lipinski definition) is 1. The Labute approximate surface area is 236 Å². The van der Waals surface area contributed by atoms with Gasteiger partial charge in [0, 0.05) is 36.4 Å². The Bertz CT molecular complexity index is 1380. The van der Waals surface area contributed by atoms with Crippen molar-refractivity contribution in [1.29, 1.82) is 0 Å². The fourth-order valence-corrected chi connectivity index (χ4v) is 7.31. The van der Waals surface area contributed by atoms with Crippen LogP contribution in [0.25, 0.3) is 21.6 Å². The van der Waals surface area contributed by atoms with Crippen LogP contribution in [0.5, 0.6) is 0 Å². The van der Waals surface area contributed by atoms with Crippen molar-refractivity contribution in [3.05, 3.63) is 23.1 Å². The van der Waals surface area contributed by atoms with Crippen LogP contribution in [0.1, 0.15) is 59.9 Å². The highest BCUT2D eigenvalue weighted by molar-refractivity contribution is 7.13. The zero-order valence-corrected chi connectivity index (χ0v) is 24.5. The molecule has 12 heteroatoms. The van der Waals surface area contributed by atoms with Gasteiger partial charge in [0.1, 0.15) is 28.2 Å². The lowest BCUT2D eigenvalue weighted by Gasteiger charge is -2.37. The molecule has 4 atom stereocenters. The van der Waals surface area contributed by atoms with Crippen LogP contribution in [0.3, 0.4) is 0 Å². The molecule has 5 heterocycles. The molecule has 3 aromatic heterocycles. The van der Waals surface area contributed by atoms with Gasteiger partial charge in [0.25, 0.3) is 0 Å². The third kappa shape index (κ3) is 4.98. The highest BCUT2D eigenvalue weighted by Crippen LogP contribution is 2.52. The number of anilines is 1. The predicted octanol–water partition coefficient (Wildman–Crippen LogP) is 5.52. The molecular weight excluding hydrogens is 540 g/mol. The van der Waals surface area contributed by atoms with E-state index in [1.54, 1.807) is 17.5 Å². The number of hydrogen-bond acceptors (Lipinski definition) is 9. The largest absolute Gasteiger partial charge is 0.444 e. The topological polar surface area (TPSA) is 118 Å². The highest BCUT2D eigenvalue weighted by atomic mass is 35.5. The SMILES string of the molecule is CC(C)(C)OC(=O)N1CCC([C@H]2CC(n3cc(-c4nccs4)c4c(N)nc(Cl)nc43)[C@@H]3OC(C)(C)O[C@H]23)CC1. The van der Waals surface area contributed by atoms with Crippen LogP contribution in [-0.2, 0) is 14.2 Å². The second-order valence-corrected chi connectivity index (χ2v) is 13.4. The van der Waals surface area contributed by atoms with Gasteiger partial charge in [-0.1, -0.05) is 0 Å². The molecule has 3 aromatic rings. The van der Waals surface area contributed by atoms with E-state index >= 15 is 0 Å². The van der Waals surface area contributed by atoms with E-state index in [-0.39, 0.29) is 35.5 Å². The summed E-state index contributed by atoms with van der Waals surface area (Å²) in [6.07, 6.45) is 6.00. The molecule has 210 valence electrons. The molecule has 3 fully saturated rings. The smallest absolute Gasteiger partial charge is 0.410 e. The fourth-order valence-electron chi connectivity index (χ4n) is 6.48. The van der Waals surface area contributed by atoms with Gasteiger partial charge >= 0.3 is 6.09 Å². The maximum Gasteiger partial charge on any atom is 0.410 e. The number of aromatic nitrogens is 4. The second-order valence-electron chi connectivity index (χ2n) is 12.2. The number of nitrogens with zero attached hydrogens (tertiary/aromatic N) is 5. The minimum Gasteiger partial charge on any atom is -0.444 e. The van der Waals surface area contributed by atoms with Crippen molar-refractivity contribution in [3.8, 4) is 10.6 Å². The average molecular weight is 575 g/mol. The minimum atomic E-state index is -0.698. The second kappa shape index (κ2) is 9.57. The third-order valence-corrected chi connectivity index (χ3v) is 8.94. The maximum atomic E-state index is 12.6. The highest BCUT2D eigenvalue weighted by Gasteiger charge is 2.56. The van der Waals surface area contributed by atoms with Crippen LogP contribution in [0.4, 0.5) is 10.6 Å². The number of halogens is 1.